The van der Waals surface area contributed by atoms with E-state index in [-0.39, 0.29) is 0 Å². The molecule has 6 nitrogen and oxygen atoms in total. The number of hydrogen-bond donors (Lipinski definition) is 2. The summed E-state index contributed by atoms with van der Waals surface area (Å²) in [5.41, 5.74) is 0.415. The molecule has 116 valence electrons. The zero-order valence-corrected chi connectivity index (χ0v) is 12.2. The van der Waals surface area contributed by atoms with Crippen molar-refractivity contribution in [3.05, 3.63) is 36.0 Å². The van der Waals surface area contributed by atoms with E-state index < -0.39 is 36.4 Å². The highest BCUT2D eigenvalue weighted by Crippen LogP contribution is 2.16. The van der Waals surface area contributed by atoms with E-state index in [1.54, 1.807) is 19.9 Å². The van der Waals surface area contributed by atoms with Gasteiger partial charge in [-0.25, -0.2) is 9.59 Å². The third-order valence-electron chi connectivity index (χ3n) is 2.99. The average Bonchev–Trinajstić information content (AvgIpc) is 2.87. The van der Waals surface area contributed by atoms with Gasteiger partial charge in [-0.3, -0.25) is 0 Å². The number of aliphatic hydroxyl groups is 2. The van der Waals surface area contributed by atoms with Crippen molar-refractivity contribution < 1.29 is 29.3 Å². The molecular formula is C15H20O6. The van der Waals surface area contributed by atoms with E-state index in [4.69, 9.17) is 9.47 Å². The van der Waals surface area contributed by atoms with Crippen LogP contribution in [0.25, 0.3) is 0 Å². The molecule has 2 unspecified atom stereocenters. The first kappa shape index (κ1) is 17.1. The van der Waals surface area contributed by atoms with Crippen LogP contribution in [-0.4, -0.2) is 46.6 Å². The molecule has 0 aromatic rings. The van der Waals surface area contributed by atoms with E-state index in [0.717, 1.165) is 0 Å². The van der Waals surface area contributed by atoms with Gasteiger partial charge in [0.1, 0.15) is 0 Å². The number of carbonyl (C=O) groups excluding carboxylic acids is 2. The van der Waals surface area contributed by atoms with E-state index in [0.29, 0.717) is 5.57 Å². The van der Waals surface area contributed by atoms with Crippen LogP contribution in [0.15, 0.2) is 36.0 Å². The highest BCUT2D eigenvalue weighted by atomic mass is 16.6. The minimum Gasteiger partial charge on any atom is -0.451 e. The number of rotatable bonds is 6. The van der Waals surface area contributed by atoms with Crippen LogP contribution in [0.4, 0.5) is 0 Å². The number of allylic oxidation sites excluding steroid dienone is 1. The highest BCUT2D eigenvalue weighted by molar-refractivity contribution is 5.88. The van der Waals surface area contributed by atoms with E-state index in [9.17, 15) is 19.8 Å². The number of carbonyl (C=O) groups is 2. The predicted molar refractivity (Wildman–Crippen MR) is 75.2 cm³/mol. The normalized spacial score (nSPS) is 23.0. The number of ether oxygens (including phenoxy) is 2. The van der Waals surface area contributed by atoms with Crippen molar-refractivity contribution in [3.8, 4) is 0 Å². The summed E-state index contributed by atoms with van der Waals surface area (Å²) in [4.78, 5) is 22.9. The standard InChI is InChI=1S/C15H20O6/c1-4-9(2)15(19)21-13(6-5-11(17)10(3)16)12-7-8-14(18)20-12/h4-8,10-13,16-17H,1-3H3/b6-5+,9-4+/t10-,11-,12?,13?/m0/s1. The summed E-state index contributed by atoms with van der Waals surface area (Å²) in [6, 6.07) is 0. The molecule has 0 saturated carbocycles. The maximum absolute atomic E-state index is 11.8. The first-order valence-corrected chi connectivity index (χ1v) is 6.62. The van der Waals surface area contributed by atoms with Crippen LogP contribution >= 0.6 is 0 Å². The van der Waals surface area contributed by atoms with Crippen LogP contribution in [0.3, 0.4) is 0 Å². The summed E-state index contributed by atoms with van der Waals surface area (Å²) in [5, 5.41) is 18.8. The Morgan fingerprint density at radius 3 is 2.57 bits per heavy atom. The van der Waals surface area contributed by atoms with Gasteiger partial charge in [-0.2, -0.15) is 0 Å². The lowest BCUT2D eigenvalue weighted by Gasteiger charge is -2.20. The lowest BCUT2D eigenvalue weighted by molar-refractivity contribution is -0.153. The minimum atomic E-state index is -1.10. The Kier molecular flexibility index (Phi) is 6.33. The van der Waals surface area contributed by atoms with Gasteiger partial charge in [-0.15, -0.1) is 0 Å². The molecule has 0 amide bonds. The number of hydrogen-bond acceptors (Lipinski definition) is 6. The molecule has 1 heterocycles. The molecule has 0 aromatic heterocycles. The maximum Gasteiger partial charge on any atom is 0.334 e. The third kappa shape index (κ3) is 5.17. The second-order valence-electron chi connectivity index (χ2n) is 4.72. The van der Waals surface area contributed by atoms with E-state index in [1.807, 2.05) is 0 Å². The fraction of sp³-hybridized carbons (Fsp3) is 0.467. The number of esters is 2. The lowest BCUT2D eigenvalue weighted by atomic mass is 10.1. The number of aliphatic hydroxyl groups excluding tert-OH is 2. The van der Waals surface area contributed by atoms with Crippen molar-refractivity contribution in [1.29, 1.82) is 0 Å². The van der Waals surface area contributed by atoms with Crippen LogP contribution < -0.4 is 0 Å². The van der Waals surface area contributed by atoms with Gasteiger partial charge in [0.15, 0.2) is 12.2 Å². The van der Waals surface area contributed by atoms with E-state index in [1.165, 1.54) is 31.2 Å². The van der Waals surface area contributed by atoms with Gasteiger partial charge in [-0.05, 0) is 32.9 Å². The molecule has 0 radical (unpaired) electrons. The molecule has 6 heteroatoms. The predicted octanol–water partition coefficient (Wildman–Crippen LogP) is 0.644. The van der Waals surface area contributed by atoms with Crippen molar-refractivity contribution in [2.24, 2.45) is 0 Å². The molecule has 0 saturated heterocycles. The van der Waals surface area contributed by atoms with Crippen LogP contribution in [0.2, 0.25) is 0 Å². The first-order valence-electron chi connectivity index (χ1n) is 6.62. The van der Waals surface area contributed by atoms with Gasteiger partial charge in [0.25, 0.3) is 0 Å². The van der Waals surface area contributed by atoms with Gasteiger partial charge >= 0.3 is 11.9 Å². The van der Waals surface area contributed by atoms with Gasteiger partial charge in [-0.1, -0.05) is 12.2 Å². The van der Waals surface area contributed by atoms with Crippen molar-refractivity contribution in [1.82, 2.24) is 0 Å². The summed E-state index contributed by atoms with van der Waals surface area (Å²) >= 11 is 0. The Hall–Kier alpha value is -1.92. The molecule has 1 aliphatic rings. The molecule has 0 aliphatic carbocycles. The van der Waals surface area contributed by atoms with Gasteiger partial charge in [0.2, 0.25) is 0 Å². The Morgan fingerprint density at radius 1 is 1.43 bits per heavy atom. The quantitative estimate of drug-likeness (QED) is 0.424. The molecular weight excluding hydrogens is 276 g/mol. The van der Waals surface area contributed by atoms with Crippen molar-refractivity contribution in [3.63, 3.8) is 0 Å². The van der Waals surface area contributed by atoms with Gasteiger partial charge in [0, 0.05) is 11.6 Å². The molecule has 2 N–H and O–H groups in total. The Bertz CT molecular complexity index is 475. The average molecular weight is 296 g/mol. The third-order valence-corrected chi connectivity index (χ3v) is 2.99. The lowest BCUT2D eigenvalue weighted by Crippen LogP contribution is -2.30. The van der Waals surface area contributed by atoms with Gasteiger partial charge < -0.3 is 19.7 Å². The smallest absolute Gasteiger partial charge is 0.334 e. The van der Waals surface area contributed by atoms with E-state index >= 15 is 0 Å². The Morgan fingerprint density at radius 2 is 2.10 bits per heavy atom. The van der Waals surface area contributed by atoms with Crippen LogP contribution in [0.1, 0.15) is 20.8 Å². The van der Waals surface area contributed by atoms with Gasteiger partial charge in [0.05, 0.1) is 12.2 Å². The summed E-state index contributed by atoms with van der Waals surface area (Å²) in [6.07, 6.45) is 3.33. The Labute approximate surface area is 123 Å². The van der Waals surface area contributed by atoms with Crippen molar-refractivity contribution in [2.75, 3.05) is 0 Å². The largest absolute Gasteiger partial charge is 0.451 e. The van der Waals surface area contributed by atoms with Crippen molar-refractivity contribution >= 4 is 11.9 Å². The second-order valence-corrected chi connectivity index (χ2v) is 4.72. The molecule has 4 atom stereocenters. The molecule has 0 bridgehead atoms. The zero-order chi connectivity index (χ0) is 16.0. The minimum absolute atomic E-state index is 0.415. The van der Waals surface area contributed by atoms with Crippen molar-refractivity contribution in [2.45, 2.75) is 45.2 Å². The fourth-order valence-electron chi connectivity index (χ4n) is 1.50. The molecule has 1 aliphatic heterocycles. The topological polar surface area (TPSA) is 93.1 Å². The number of cyclic esters (lactones) is 1. The summed E-state index contributed by atoms with van der Waals surface area (Å²) < 4.78 is 10.2. The Balaban J connectivity index is 2.82. The first-order chi connectivity index (χ1) is 9.85. The van der Waals surface area contributed by atoms with Crippen LogP contribution in [0, 0.1) is 0 Å². The fourth-order valence-corrected chi connectivity index (χ4v) is 1.50. The molecule has 0 fully saturated rings. The molecule has 21 heavy (non-hydrogen) atoms. The highest BCUT2D eigenvalue weighted by Gasteiger charge is 2.28. The monoisotopic (exact) mass is 296 g/mol. The maximum atomic E-state index is 11.8. The zero-order valence-electron chi connectivity index (χ0n) is 12.2. The summed E-state index contributed by atoms with van der Waals surface area (Å²) in [6.45, 7) is 4.73. The van der Waals surface area contributed by atoms with Crippen LogP contribution in [-0.2, 0) is 19.1 Å². The summed E-state index contributed by atoms with van der Waals surface area (Å²) in [5.74, 6) is -1.07. The molecule has 0 spiro atoms. The molecule has 0 aromatic carbocycles. The van der Waals surface area contributed by atoms with E-state index in [2.05, 4.69) is 0 Å². The molecule has 1 rings (SSSR count). The SMILES string of the molecule is C/C=C(\C)C(=O)OC(/C=C/[C@H](O)[C@H](C)O)C1C=CC(=O)O1. The van der Waals surface area contributed by atoms with Crippen LogP contribution in [0.5, 0.6) is 0 Å². The summed E-state index contributed by atoms with van der Waals surface area (Å²) in [7, 11) is 0. The second kappa shape index (κ2) is 7.75.